The fourth-order valence-corrected chi connectivity index (χ4v) is 4.83. The van der Waals surface area contributed by atoms with Gasteiger partial charge < -0.3 is 5.73 Å². The highest BCUT2D eigenvalue weighted by molar-refractivity contribution is 7.89. The molecule has 1 heterocycles. The molecule has 1 aromatic carbocycles. The van der Waals surface area contributed by atoms with Crippen LogP contribution in [0.1, 0.15) is 25.3 Å². The van der Waals surface area contributed by atoms with Gasteiger partial charge in [-0.2, -0.15) is 9.57 Å². The van der Waals surface area contributed by atoms with Crippen LogP contribution in [0.5, 0.6) is 0 Å². The lowest BCUT2D eigenvalue weighted by atomic mass is 9.93. The molecule has 0 bridgehead atoms. The molecule has 1 aliphatic heterocycles. The summed E-state index contributed by atoms with van der Waals surface area (Å²) in [6, 6.07) is 5.91. The van der Waals surface area contributed by atoms with Gasteiger partial charge in [0.05, 0.1) is 15.5 Å². The molecule has 1 saturated heterocycles. The third-order valence-electron chi connectivity index (χ3n) is 3.97. The maximum atomic E-state index is 12.8. The molecule has 2 atom stereocenters. The van der Waals surface area contributed by atoms with E-state index in [-0.39, 0.29) is 27.4 Å². The van der Waals surface area contributed by atoms with E-state index in [9.17, 15) is 8.42 Å². The number of hydrogen-bond acceptors (Lipinski definition) is 4. The Morgan fingerprint density at radius 1 is 1.52 bits per heavy atom. The molecule has 0 spiro atoms. The highest BCUT2D eigenvalue weighted by Gasteiger charge is 2.36. The van der Waals surface area contributed by atoms with Gasteiger partial charge in [0.2, 0.25) is 10.0 Å². The summed E-state index contributed by atoms with van der Waals surface area (Å²) in [4.78, 5) is 0.110. The molecule has 0 aromatic heterocycles. The van der Waals surface area contributed by atoms with Gasteiger partial charge in [-0.05, 0) is 37.0 Å². The van der Waals surface area contributed by atoms with Crippen LogP contribution in [0.25, 0.3) is 0 Å². The van der Waals surface area contributed by atoms with Gasteiger partial charge >= 0.3 is 0 Å². The van der Waals surface area contributed by atoms with Crippen molar-refractivity contribution in [2.24, 2.45) is 11.7 Å². The second kappa shape index (κ2) is 6.32. The lowest BCUT2D eigenvalue weighted by molar-refractivity contribution is 0.192. The molecule has 21 heavy (non-hydrogen) atoms. The summed E-state index contributed by atoms with van der Waals surface area (Å²) in [7, 11) is -3.64. The molecule has 2 N–H and O–H groups in total. The monoisotopic (exact) mass is 327 g/mol. The third-order valence-corrected chi connectivity index (χ3v) is 6.21. The van der Waals surface area contributed by atoms with Crippen molar-refractivity contribution in [3.05, 3.63) is 28.8 Å². The van der Waals surface area contributed by atoms with Crippen molar-refractivity contribution in [2.75, 3.05) is 13.1 Å². The highest BCUT2D eigenvalue weighted by atomic mass is 35.5. The van der Waals surface area contributed by atoms with Crippen molar-refractivity contribution >= 4 is 21.6 Å². The van der Waals surface area contributed by atoms with Crippen molar-refractivity contribution in [1.82, 2.24) is 4.31 Å². The van der Waals surface area contributed by atoms with E-state index in [0.717, 1.165) is 12.8 Å². The molecule has 0 saturated carbocycles. The van der Waals surface area contributed by atoms with Gasteiger partial charge in [-0.1, -0.05) is 18.5 Å². The minimum atomic E-state index is -3.64. The zero-order chi connectivity index (χ0) is 15.6. The maximum absolute atomic E-state index is 12.8. The average molecular weight is 328 g/mol. The zero-order valence-electron chi connectivity index (χ0n) is 11.8. The van der Waals surface area contributed by atoms with Gasteiger partial charge in [-0.3, -0.25) is 0 Å². The number of nitriles is 1. The number of rotatable bonds is 3. The topological polar surface area (TPSA) is 87.2 Å². The largest absolute Gasteiger partial charge is 0.329 e. The number of sulfonamides is 1. The molecule has 0 amide bonds. The second-order valence-electron chi connectivity index (χ2n) is 5.29. The van der Waals surface area contributed by atoms with Crippen LogP contribution in [0.4, 0.5) is 0 Å². The van der Waals surface area contributed by atoms with E-state index in [0.29, 0.717) is 13.1 Å². The molecular formula is C14H18ClN3O2S. The third kappa shape index (κ3) is 3.06. The molecule has 1 aromatic rings. The van der Waals surface area contributed by atoms with Crippen LogP contribution in [0.2, 0.25) is 5.02 Å². The minimum Gasteiger partial charge on any atom is -0.329 e. The Hall–Kier alpha value is -1.13. The van der Waals surface area contributed by atoms with E-state index >= 15 is 0 Å². The fraction of sp³-hybridized carbons (Fsp3) is 0.500. The molecule has 1 aliphatic rings. The number of nitrogens with zero attached hydrogens (tertiary/aromatic N) is 2. The molecule has 2 rings (SSSR count). The van der Waals surface area contributed by atoms with E-state index in [1.807, 2.05) is 13.0 Å². The smallest absolute Gasteiger partial charge is 0.243 e. The van der Waals surface area contributed by atoms with Crippen LogP contribution < -0.4 is 5.73 Å². The molecule has 0 radical (unpaired) electrons. The van der Waals surface area contributed by atoms with E-state index in [1.54, 1.807) is 0 Å². The Morgan fingerprint density at radius 3 is 2.81 bits per heavy atom. The van der Waals surface area contributed by atoms with E-state index < -0.39 is 10.0 Å². The first-order valence-electron chi connectivity index (χ1n) is 6.83. The van der Waals surface area contributed by atoms with Crippen molar-refractivity contribution in [2.45, 2.75) is 30.7 Å². The zero-order valence-corrected chi connectivity index (χ0v) is 13.4. The van der Waals surface area contributed by atoms with Gasteiger partial charge in [0, 0.05) is 19.1 Å². The summed E-state index contributed by atoms with van der Waals surface area (Å²) in [5.41, 5.74) is 6.02. The minimum absolute atomic E-state index is 0.110. The Morgan fingerprint density at radius 2 is 2.24 bits per heavy atom. The van der Waals surface area contributed by atoms with Crippen LogP contribution in [0.3, 0.4) is 0 Å². The van der Waals surface area contributed by atoms with Crippen molar-refractivity contribution in [1.29, 1.82) is 5.26 Å². The van der Waals surface area contributed by atoms with Crippen LogP contribution in [0, 0.1) is 17.2 Å². The molecule has 0 unspecified atom stereocenters. The number of benzene rings is 1. The van der Waals surface area contributed by atoms with Gasteiger partial charge in [-0.25, -0.2) is 8.42 Å². The SMILES string of the molecule is C[C@@H]1CCCN(S(=O)(=O)c2ccc(C#N)c(Cl)c2)[C@@H]1CN. The van der Waals surface area contributed by atoms with Gasteiger partial charge in [0.25, 0.3) is 0 Å². The van der Waals surface area contributed by atoms with Gasteiger partial charge in [0.1, 0.15) is 6.07 Å². The van der Waals surface area contributed by atoms with Crippen LogP contribution in [0.15, 0.2) is 23.1 Å². The summed E-state index contributed by atoms with van der Waals surface area (Å²) in [5.74, 6) is 0.229. The molecule has 7 heteroatoms. The first kappa shape index (κ1) is 16.2. The predicted octanol–water partition coefficient (Wildman–Crippen LogP) is 1.96. The molecule has 0 aliphatic carbocycles. The standard InChI is InChI=1S/C14H18ClN3O2S/c1-10-3-2-6-18(14(10)9-17)21(19,20)12-5-4-11(8-16)13(15)7-12/h4-5,7,10,14H,2-3,6,9,17H2,1H3/t10-,14-/m1/s1. The van der Waals surface area contributed by atoms with Crippen molar-refractivity contribution in [3.8, 4) is 6.07 Å². The van der Waals surface area contributed by atoms with Gasteiger partial charge in [0.15, 0.2) is 0 Å². The molecular weight excluding hydrogens is 310 g/mol. The highest BCUT2D eigenvalue weighted by Crippen LogP contribution is 2.30. The van der Waals surface area contributed by atoms with Crippen LogP contribution in [-0.2, 0) is 10.0 Å². The molecule has 114 valence electrons. The van der Waals surface area contributed by atoms with Crippen molar-refractivity contribution < 1.29 is 8.42 Å². The maximum Gasteiger partial charge on any atom is 0.243 e. The first-order valence-corrected chi connectivity index (χ1v) is 8.65. The number of hydrogen-bond donors (Lipinski definition) is 1. The lowest BCUT2D eigenvalue weighted by Gasteiger charge is -2.38. The van der Waals surface area contributed by atoms with Crippen molar-refractivity contribution in [3.63, 3.8) is 0 Å². The Labute approximate surface area is 130 Å². The Balaban J connectivity index is 2.41. The predicted molar refractivity (Wildman–Crippen MR) is 81.3 cm³/mol. The summed E-state index contributed by atoms with van der Waals surface area (Å²) in [6.45, 7) is 2.78. The summed E-state index contributed by atoms with van der Waals surface area (Å²) >= 11 is 5.94. The quantitative estimate of drug-likeness (QED) is 0.919. The second-order valence-corrected chi connectivity index (χ2v) is 7.59. The number of nitrogens with two attached hydrogens (primary N) is 1. The summed E-state index contributed by atoms with van der Waals surface area (Å²) in [6.07, 6.45) is 1.79. The van der Waals surface area contributed by atoms with Gasteiger partial charge in [-0.15, -0.1) is 0 Å². The Kier molecular flexibility index (Phi) is 4.89. The average Bonchev–Trinajstić information content (AvgIpc) is 2.46. The van der Waals surface area contributed by atoms with E-state index in [4.69, 9.17) is 22.6 Å². The normalized spacial score (nSPS) is 23.7. The van der Waals surface area contributed by atoms with E-state index in [1.165, 1.54) is 22.5 Å². The summed E-state index contributed by atoms with van der Waals surface area (Å²) in [5, 5.41) is 9.01. The molecule has 1 fully saturated rings. The Bertz CT molecular complexity index is 669. The number of halogens is 1. The van der Waals surface area contributed by atoms with E-state index in [2.05, 4.69) is 0 Å². The summed E-state index contributed by atoms with van der Waals surface area (Å²) < 4.78 is 27.0. The lowest BCUT2D eigenvalue weighted by Crippen LogP contribution is -2.51. The van der Waals surface area contributed by atoms with Crippen LogP contribution >= 0.6 is 11.6 Å². The fourth-order valence-electron chi connectivity index (χ4n) is 2.74. The molecule has 5 nitrogen and oxygen atoms in total. The number of piperidine rings is 1. The first-order chi connectivity index (χ1) is 9.91. The van der Waals surface area contributed by atoms with Crippen LogP contribution in [-0.4, -0.2) is 31.9 Å².